The maximum atomic E-state index is 12.5. The Morgan fingerprint density at radius 1 is 0.933 bits per heavy atom. The van der Waals surface area contributed by atoms with E-state index in [1.165, 1.54) is 4.90 Å². The number of rotatable bonds is 6. The summed E-state index contributed by atoms with van der Waals surface area (Å²) < 4.78 is 5.78. The molecule has 30 heavy (non-hydrogen) atoms. The molecule has 1 fully saturated rings. The minimum atomic E-state index is 0.0259. The fourth-order valence-electron chi connectivity index (χ4n) is 3.59. The van der Waals surface area contributed by atoms with Gasteiger partial charge in [-0.15, -0.1) is 0 Å². The van der Waals surface area contributed by atoms with Crippen LogP contribution in [0.2, 0.25) is 5.02 Å². The number of anilines is 2. The molecule has 5 nitrogen and oxygen atoms in total. The van der Waals surface area contributed by atoms with E-state index >= 15 is 0 Å². The quantitative estimate of drug-likeness (QED) is 0.639. The number of hydrogen-bond donors (Lipinski definition) is 2. The van der Waals surface area contributed by atoms with E-state index in [1.54, 1.807) is 0 Å². The predicted molar refractivity (Wildman–Crippen MR) is 121 cm³/mol. The Balaban J connectivity index is 1.24. The van der Waals surface area contributed by atoms with Crippen LogP contribution in [0.1, 0.15) is 0 Å². The zero-order valence-electron chi connectivity index (χ0n) is 16.7. The molecule has 3 aromatic rings. The summed E-state index contributed by atoms with van der Waals surface area (Å²) in [6.45, 7) is 4.13. The topological polar surface area (TPSA) is 46.0 Å². The molecular formula is C24H25ClN3O2+. The van der Waals surface area contributed by atoms with Crippen LogP contribution in [0.3, 0.4) is 0 Å². The lowest BCUT2D eigenvalue weighted by atomic mass is 10.2. The molecule has 0 bridgehead atoms. The van der Waals surface area contributed by atoms with Gasteiger partial charge < -0.3 is 19.9 Å². The number of carbonyl (C=O) groups is 1. The third kappa shape index (κ3) is 5.53. The zero-order chi connectivity index (χ0) is 20.8. The van der Waals surface area contributed by atoms with Gasteiger partial charge in [-0.05, 0) is 54.6 Å². The van der Waals surface area contributed by atoms with Gasteiger partial charge in [0.1, 0.15) is 11.5 Å². The van der Waals surface area contributed by atoms with Gasteiger partial charge >= 0.3 is 0 Å². The molecule has 1 heterocycles. The SMILES string of the molecule is O=C(C[NH+]1CCN(c2cccc(Cl)c2)CC1)Nc1ccc(Oc2ccccc2)cc1. The predicted octanol–water partition coefficient (Wildman–Crippen LogP) is 3.48. The fraction of sp³-hybridized carbons (Fsp3) is 0.208. The van der Waals surface area contributed by atoms with Crippen LogP contribution in [0.25, 0.3) is 0 Å². The number of quaternary nitrogens is 1. The number of hydrogen-bond acceptors (Lipinski definition) is 3. The Labute approximate surface area is 181 Å². The van der Waals surface area contributed by atoms with Crippen molar-refractivity contribution >= 4 is 28.9 Å². The number of para-hydroxylation sites is 1. The standard InChI is InChI=1S/C24H24ClN3O2/c25-19-5-4-6-21(17-19)28-15-13-27(14-16-28)18-24(29)26-20-9-11-23(12-10-20)30-22-7-2-1-3-8-22/h1-12,17H,13-16,18H2,(H,26,29)/p+1. The number of amides is 1. The van der Waals surface area contributed by atoms with Gasteiger partial charge in [0.25, 0.3) is 5.91 Å². The van der Waals surface area contributed by atoms with Crippen molar-refractivity contribution in [2.75, 3.05) is 42.9 Å². The van der Waals surface area contributed by atoms with E-state index in [-0.39, 0.29) is 5.91 Å². The highest BCUT2D eigenvalue weighted by Crippen LogP contribution is 2.22. The van der Waals surface area contributed by atoms with Crippen LogP contribution in [-0.4, -0.2) is 38.6 Å². The molecule has 0 unspecified atom stereocenters. The molecule has 3 aromatic carbocycles. The zero-order valence-corrected chi connectivity index (χ0v) is 17.4. The Hall–Kier alpha value is -3.02. The molecule has 4 rings (SSSR count). The van der Waals surface area contributed by atoms with Crippen LogP contribution < -0.4 is 19.9 Å². The second kappa shape index (κ2) is 9.65. The van der Waals surface area contributed by atoms with E-state index in [9.17, 15) is 4.79 Å². The maximum absolute atomic E-state index is 12.5. The van der Waals surface area contributed by atoms with E-state index in [1.807, 2.05) is 72.8 Å². The van der Waals surface area contributed by atoms with Gasteiger partial charge in [-0.2, -0.15) is 0 Å². The number of carbonyl (C=O) groups excluding carboxylic acids is 1. The summed E-state index contributed by atoms with van der Waals surface area (Å²) in [5, 5.41) is 3.74. The number of benzene rings is 3. The van der Waals surface area contributed by atoms with Crippen LogP contribution in [-0.2, 0) is 4.79 Å². The second-order valence-corrected chi connectivity index (χ2v) is 7.82. The molecule has 2 N–H and O–H groups in total. The molecule has 6 heteroatoms. The lowest BCUT2D eigenvalue weighted by Crippen LogP contribution is -3.15. The summed E-state index contributed by atoms with van der Waals surface area (Å²) in [6, 6.07) is 25.0. The second-order valence-electron chi connectivity index (χ2n) is 7.38. The van der Waals surface area contributed by atoms with Crippen LogP contribution in [0.15, 0.2) is 78.9 Å². The Bertz CT molecular complexity index is 971. The smallest absolute Gasteiger partial charge is 0.279 e. The first-order chi connectivity index (χ1) is 14.7. The van der Waals surface area contributed by atoms with Crippen LogP contribution >= 0.6 is 11.6 Å². The van der Waals surface area contributed by atoms with E-state index in [0.29, 0.717) is 6.54 Å². The highest BCUT2D eigenvalue weighted by molar-refractivity contribution is 6.30. The molecule has 154 valence electrons. The van der Waals surface area contributed by atoms with Gasteiger partial charge in [-0.1, -0.05) is 35.9 Å². The number of piperazine rings is 1. The van der Waals surface area contributed by atoms with Crippen molar-refractivity contribution in [1.82, 2.24) is 0 Å². The minimum absolute atomic E-state index is 0.0259. The average Bonchev–Trinajstić information content (AvgIpc) is 2.76. The van der Waals surface area contributed by atoms with Crippen molar-refractivity contribution in [2.24, 2.45) is 0 Å². The average molecular weight is 423 g/mol. The first kappa shape index (κ1) is 20.3. The van der Waals surface area contributed by atoms with Crippen molar-refractivity contribution in [3.05, 3.63) is 83.9 Å². The first-order valence-corrected chi connectivity index (χ1v) is 10.5. The molecule has 0 aliphatic carbocycles. The first-order valence-electron chi connectivity index (χ1n) is 10.1. The highest BCUT2D eigenvalue weighted by Gasteiger charge is 2.22. The molecule has 0 radical (unpaired) electrons. The summed E-state index contributed by atoms with van der Waals surface area (Å²) in [7, 11) is 0. The molecule has 0 saturated carbocycles. The number of nitrogens with zero attached hydrogens (tertiary/aromatic N) is 1. The van der Waals surface area contributed by atoms with E-state index in [2.05, 4.69) is 16.3 Å². The van der Waals surface area contributed by atoms with Crippen LogP contribution in [0.5, 0.6) is 11.5 Å². The monoisotopic (exact) mass is 422 g/mol. The Morgan fingerprint density at radius 2 is 1.63 bits per heavy atom. The lowest BCUT2D eigenvalue weighted by molar-refractivity contribution is -0.892. The van der Waals surface area contributed by atoms with Gasteiger partial charge in [0.15, 0.2) is 6.54 Å². The van der Waals surface area contributed by atoms with Gasteiger partial charge in [-0.3, -0.25) is 4.79 Å². The van der Waals surface area contributed by atoms with Gasteiger partial charge in [0.2, 0.25) is 0 Å². The lowest BCUT2D eigenvalue weighted by Gasteiger charge is -2.33. The largest absolute Gasteiger partial charge is 0.457 e. The Kier molecular flexibility index (Phi) is 6.52. The summed E-state index contributed by atoms with van der Waals surface area (Å²) in [6.07, 6.45) is 0. The molecule has 0 aromatic heterocycles. The molecule has 1 aliphatic heterocycles. The molecule has 0 spiro atoms. The molecule has 1 saturated heterocycles. The summed E-state index contributed by atoms with van der Waals surface area (Å²) in [5.41, 5.74) is 1.92. The van der Waals surface area contributed by atoms with Crippen LogP contribution in [0, 0.1) is 0 Å². The third-order valence-corrected chi connectivity index (χ3v) is 5.41. The van der Waals surface area contributed by atoms with Crippen LogP contribution in [0.4, 0.5) is 11.4 Å². The van der Waals surface area contributed by atoms with Gasteiger partial charge in [0.05, 0.1) is 26.2 Å². The number of ether oxygens (including phenoxy) is 1. The third-order valence-electron chi connectivity index (χ3n) is 5.17. The number of halogens is 1. The Morgan fingerprint density at radius 3 is 2.33 bits per heavy atom. The van der Waals surface area contributed by atoms with Gasteiger partial charge in [-0.25, -0.2) is 0 Å². The van der Waals surface area contributed by atoms with Crippen molar-refractivity contribution in [1.29, 1.82) is 0 Å². The van der Waals surface area contributed by atoms with E-state index < -0.39 is 0 Å². The highest BCUT2D eigenvalue weighted by atomic mass is 35.5. The molecule has 0 atom stereocenters. The summed E-state index contributed by atoms with van der Waals surface area (Å²) in [5.74, 6) is 1.55. The summed E-state index contributed by atoms with van der Waals surface area (Å²) in [4.78, 5) is 16.1. The van der Waals surface area contributed by atoms with Crippen molar-refractivity contribution < 1.29 is 14.4 Å². The number of nitrogens with one attached hydrogen (secondary N) is 2. The molecular weight excluding hydrogens is 398 g/mol. The minimum Gasteiger partial charge on any atom is -0.457 e. The maximum Gasteiger partial charge on any atom is 0.279 e. The summed E-state index contributed by atoms with van der Waals surface area (Å²) >= 11 is 6.10. The fourth-order valence-corrected chi connectivity index (χ4v) is 3.78. The van der Waals surface area contributed by atoms with Crippen molar-refractivity contribution in [2.45, 2.75) is 0 Å². The van der Waals surface area contributed by atoms with E-state index in [4.69, 9.17) is 16.3 Å². The van der Waals surface area contributed by atoms with Gasteiger partial charge in [0, 0.05) is 16.4 Å². The molecule has 1 amide bonds. The van der Waals surface area contributed by atoms with Crippen molar-refractivity contribution in [3.63, 3.8) is 0 Å². The van der Waals surface area contributed by atoms with E-state index in [0.717, 1.165) is 54.1 Å². The molecule has 1 aliphatic rings. The normalized spacial score (nSPS) is 14.4. The van der Waals surface area contributed by atoms with Crippen molar-refractivity contribution in [3.8, 4) is 11.5 Å².